The number of carboxylic acids is 1. The first kappa shape index (κ1) is 38.6. The van der Waals surface area contributed by atoms with Crippen LogP contribution in [0.1, 0.15) is 40.4 Å². The molecule has 3 aliphatic heterocycles. The maximum atomic E-state index is 14.7. The Bertz CT molecular complexity index is 2070. The van der Waals surface area contributed by atoms with Gasteiger partial charge in [-0.3, -0.25) is 4.79 Å². The number of carbonyl (C=O) groups is 5. The second kappa shape index (κ2) is 15.3. The minimum Gasteiger partial charge on any atom is -0.534 e. The maximum Gasteiger partial charge on any atom is 0.547 e. The molecule has 6 rings (SSSR count). The number of phenols is 3. The van der Waals surface area contributed by atoms with Crippen LogP contribution in [0.15, 0.2) is 36.4 Å². The van der Waals surface area contributed by atoms with Gasteiger partial charge in [-0.1, -0.05) is 17.7 Å². The quantitative estimate of drug-likeness (QED) is 0.128. The van der Waals surface area contributed by atoms with Gasteiger partial charge in [0.05, 0.1) is 11.0 Å². The smallest absolute Gasteiger partial charge is 0.534 e. The Labute approximate surface area is 314 Å². The van der Waals surface area contributed by atoms with Crippen molar-refractivity contribution in [3.05, 3.63) is 75.6 Å². The number of likely N-dealkylation sites (tertiary alicyclic amines) is 1. The lowest BCUT2D eigenvalue weighted by atomic mass is 9.72. The Balaban J connectivity index is 1.15. The van der Waals surface area contributed by atoms with E-state index >= 15 is 0 Å². The van der Waals surface area contributed by atoms with Gasteiger partial charge >= 0.3 is 31.2 Å². The molecule has 7 amide bonds. The number of phenolic OH excluding ortho intramolecular Hbond substituents is 3. The van der Waals surface area contributed by atoms with E-state index in [4.69, 9.17) is 16.3 Å². The second-order valence-electron chi connectivity index (χ2n) is 12.9. The van der Waals surface area contributed by atoms with E-state index in [9.17, 15) is 62.6 Å². The SMILES string of the molecule is O=C(O)c1c(F)ccc2c1OB(O)[C@@H](NC(=O)[C@@H](NC(=O)N1CCN(C3CCN(C(=O)Nc4cc(O)cc(F)c4)CC3)C1=O)c1cc(F)c(O)c(O)c1Cl)C2. The number of aromatic carboxylic acids is 1. The fourth-order valence-corrected chi connectivity index (χ4v) is 6.91. The van der Waals surface area contributed by atoms with Gasteiger partial charge in [0.1, 0.15) is 34.7 Å². The van der Waals surface area contributed by atoms with Crippen molar-refractivity contribution in [1.82, 2.24) is 25.3 Å². The fraction of sp³-hybridized carbons (Fsp3) is 0.303. The standard InChI is InChI=1S/C33H31BClF3N6O11/c35-24-19(13-21(38)26(46)27(24)47)25(29(48)40-22-9-14-1-2-20(37)23(30(49)50)28(14)55-34(22)54)41-32(52)44-8-7-43(33(44)53)17-3-5-42(6-4-17)31(51)39-16-10-15(36)11-18(45)12-16/h1-2,10-13,17,22,25,45-47,54H,3-9H2,(H,39,51)(H,40,48)(H,41,52)(H,49,50)/t22-,25-/m0/s1. The zero-order valence-corrected chi connectivity index (χ0v) is 29.0. The molecule has 0 bridgehead atoms. The van der Waals surface area contributed by atoms with Crippen molar-refractivity contribution >= 4 is 54.4 Å². The lowest BCUT2D eigenvalue weighted by Gasteiger charge is -2.36. The topological polar surface area (TPSA) is 242 Å². The number of urea groups is 3. The molecule has 22 heteroatoms. The van der Waals surface area contributed by atoms with Crippen molar-refractivity contribution in [1.29, 1.82) is 0 Å². The van der Waals surface area contributed by atoms with Gasteiger partial charge in [-0.15, -0.1) is 0 Å². The van der Waals surface area contributed by atoms with Crippen LogP contribution in [0.3, 0.4) is 0 Å². The molecular formula is C33H31BClF3N6O11. The third-order valence-electron chi connectivity index (χ3n) is 9.40. The van der Waals surface area contributed by atoms with Gasteiger partial charge in [-0.2, -0.15) is 0 Å². The van der Waals surface area contributed by atoms with E-state index in [1.54, 1.807) is 0 Å². The fourth-order valence-electron chi connectivity index (χ4n) is 6.65. The van der Waals surface area contributed by atoms with Crippen LogP contribution >= 0.6 is 11.6 Å². The molecule has 0 aromatic heterocycles. The van der Waals surface area contributed by atoms with Crippen LogP contribution in [0.2, 0.25) is 5.02 Å². The molecule has 0 unspecified atom stereocenters. The first-order valence-electron chi connectivity index (χ1n) is 16.6. The first-order chi connectivity index (χ1) is 26.0. The van der Waals surface area contributed by atoms with Crippen LogP contribution in [-0.2, 0) is 11.2 Å². The summed E-state index contributed by atoms with van der Waals surface area (Å²) in [5.41, 5.74) is -1.29. The zero-order valence-electron chi connectivity index (χ0n) is 28.3. The minimum atomic E-state index is -1.99. The number of benzene rings is 3. The summed E-state index contributed by atoms with van der Waals surface area (Å²) in [5, 5.41) is 56.2. The summed E-state index contributed by atoms with van der Waals surface area (Å²) in [6, 6.07) is 0.782. The number of rotatable bonds is 7. The number of fused-ring (bicyclic) bond motifs is 1. The molecule has 3 aliphatic rings. The van der Waals surface area contributed by atoms with Crippen molar-refractivity contribution < 1.29 is 67.2 Å². The van der Waals surface area contributed by atoms with E-state index in [-0.39, 0.29) is 49.6 Å². The van der Waals surface area contributed by atoms with E-state index in [0.717, 1.165) is 23.1 Å². The Morgan fingerprint density at radius 2 is 1.64 bits per heavy atom. The van der Waals surface area contributed by atoms with Crippen molar-refractivity contribution in [3.8, 4) is 23.0 Å². The number of halogens is 4. The number of nitrogens with one attached hydrogen (secondary N) is 3. The Hall–Kier alpha value is -6.09. The number of carbonyl (C=O) groups excluding carboxylic acids is 4. The summed E-state index contributed by atoms with van der Waals surface area (Å²) in [6.07, 6.45) is 0.289. The Morgan fingerprint density at radius 3 is 2.31 bits per heavy atom. The highest BCUT2D eigenvalue weighted by molar-refractivity contribution is 6.47. The average molecular weight is 791 g/mol. The van der Waals surface area contributed by atoms with E-state index in [1.165, 1.54) is 21.9 Å². The predicted molar refractivity (Wildman–Crippen MR) is 184 cm³/mol. The third-order valence-corrected chi connectivity index (χ3v) is 9.80. The first-order valence-corrected chi connectivity index (χ1v) is 17.0. The molecule has 8 N–H and O–H groups in total. The zero-order chi connectivity index (χ0) is 39.9. The van der Waals surface area contributed by atoms with Crippen molar-refractivity contribution in [3.63, 3.8) is 0 Å². The highest BCUT2D eigenvalue weighted by Crippen LogP contribution is 2.41. The molecule has 3 heterocycles. The molecule has 0 spiro atoms. The lowest BCUT2D eigenvalue weighted by Crippen LogP contribution is -2.56. The van der Waals surface area contributed by atoms with E-state index in [0.29, 0.717) is 18.9 Å². The molecule has 2 saturated heterocycles. The van der Waals surface area contributed by atoms with E-state index < -0.39 is 106 Å². The predicted octanol–water partition coefficient (Wildman–Crippen LogP) is 2.90. The summed E-state index contributed by atoms with van der Waals surface area (Å²) in [5.74, 6) is -10.8. The molecule has 0 saturated carbocycles. The maximum absolute atomic E-state index is 14.7. The normalized spacial score (nSPS) is 17.7. The molecule has 0 radical (unpaired) electrons. The van der Waals surface area contributed by atoms with Gasteiger partial charge in [0, 0.05) is 55.6 Å². The summed E-state index contributed by atoms with van der Waals surface area (Å²) < 4.78 is 47.8. The third kappa shape index (κ3) is 7.78. The molecule has 3 aromatic carbocycles. The van der Waals surface area contributed by atoms with E-state index in [1.807, 2.05) is 0 Å². The van der Waals surface area contributed by atoms with Crippen molar-refractivity contribution in [2.45, 2.75) is 37.3 Å². The monoisotopic (exact) mass is 790 g/mol. The molecule has 2 fully saturated rings. The number of nitrogens with zero attached hydrogens (tertiary/aromatic N) is 3. The summed E-state index contributed by atoms with van der Waals surface area (Å²) in [6.45, 7) is 0.248. The minimum absolute atomic E-state index is 0.0409. The number of hydrogen-bond donors (Lipinski definition) is 8. The summed E-state index contributed by atoms with van der Waals surface area (Å²) in [7, 11) is -1.95. The molecule has 0 aliphatic carbocycles. The van der Waals surface area contributed by atoms with Gasteiger partial charge in [-0.25, -0.2) is 37.2 Å². The van der Waals surface area contributed by atoms with Gasteiger partial charge in [0.15, 0.2) is 17.3 Å². The van der Waals surface area contributed by atoms with Crippen LogP contribution in [-0.4, -0.2) is 115 Å². The van der Waals surface area contributed by atoms with Crippen LogP contribution in [0.4, 0.5) is 33.2 Å². The number of imide groups is 1. The van der Waals surface area contributed by atoms with Gasteiger partial charge in [0.2, 0.25) is 5.91 Å². The van der Waals surface area contributed by atoms with Crippen LogP contribution in [0, 0.1) is 17.5 Å². The summed E-state index contributed by atoms with van der Waals surface area (Å²) in [4.78, 5) is 68.9. The van der Waals surface area contributed by atoms with Gasteiger partial charge in [-0.05, 0) is 43.0 Å². The number of aromatic hydroxyl groups is 3. The largest absolute Gasteiger partial charge is 0.547 e. The van der Waals surface area contributed by atoms with E-state index in [2.05, 4.69) is 16.0 Å². The molecule has 3 aromatic rings. The highest BCUT2D eigenvalue weighted by atomic mass is 35.5. The number of amides is 7. The number of piperidine rings is 1. The van der Waals surface area contributed by atoms with Crippen molar-refractivity contribution in [2.75, 3.05) is 31.5 Å². The lowest BCUT2D eigenvalue weighted by molar-refractivity contribution is -0.123. The average Bonchev–Trinajstić information content (AvgIpc) is 3.52. The molecule has 2 atom stereocenters. The van der Waals surface area contributed by atoms with Crippen LogP contribution in [0.5, 0.6) is 23.0 Å². The molecule has 17 nitrogen and oxygen atoms in total. The second-order valence-corrected chi connectivity index (χ2v) is 13.2. The number of anilines is 1. The Morgan fingerprint density at radius 1 is 0.927 bits per heavy atom. The molecule has 55 heavy (non-hydrogen) atoms. The Kier molecular flexibility index (Phi) is 10.8. The van der Waals surface area contributed by atoms with Crippen LogP contribution in [0.25, 0.3) is 0 Å². The van der Waals surface area contributed by atoms with Crippen LogP contribution < -0.4 is 20.6 Å². The van der Waals surface area contributed by atoms with Crippen molar-refractivity contribution in [2.24, 2.45) is 0 Å². The van der Waals surface area contributed by atoms with Gasteiger partial charge in [0.25, 0.3) is 0 Å². The number of hydrogen-bond acceptors (Lipinski definition) is 10. The molecule has 290 valence electrons. The molecular weight excluding hydrogens is 760 g/mol. The van der Waals surface area contributed by atoms with Gasteiger partial charge < -0.3 is 55.9 Å². The summed E-state index contributed by atoms with van der Waals surface area (Å²) >= 11 is 6.18. The highest BCUT2D eigenvalue weighted by Gasteiger charge is 2.43. The number of carboxylic acid groups (broad SMARTS) is 1.